The van der Waals surface area contributed by atoms with E-state index in [-0.39, 0.29) is 5.91 Å². The fourth-order valence-corrected chi connectivity index (χ4v) is 1.31. The fourth-order valence-electron chi connectivity index (χ4n) is 1.31. The molecule has 1 saturated heterocycles. The van der Waals surface area contributed by atoms with Crippen molar-refractivity contribution in [1.29, 1.82) is 0 Å². The van der Waals surface area contributed by atoms with Gasteiger partial charge in [0, 0.05) is 5.56 Å². The van der Waals surface area contributed by atoms with Crippen LogP contribution in [0.4, 0.5) is 0 Å². The molecule has 0 bridgehead atoms. The number of hydrazine groups is 1. The van der Waals surface area contributed by atoms with E-state index in [1.165, 1.54) is 0 Å². The highest BCUT2D eigenvalue weighted by Crippen LogP contribution is 1.96. The summed E-state index contributed by atoms with van der Waals surface area (Å²) >= 11 is 0. The minimum atomic E-state index is 0.0900. The van der Waals surface area contributed by atoms with E-state index in [0.717, 1.165) is 12.1 Å². The number of benzene rings is 1. The Bertz CT molecular complexity index is 343. The van der Waals surface area contributed by atoms with Crippen molar-refractivity contribution in [1.82, 2.24) is 5.43 Å². The first kappa shape index (κ1) is 7.98. The third kappa shape index (κ3) is 1.93. The molecule has 0 unspecified atom stereocenters. The van der Waals surface area contributed by atoms with Crippen molar-refractivity contribution < 1.29 is 9.48 Å². The molecule has 1 aliphatic heterocycles. The third-order valence-electron chi connectivity index (χ3n) is 1.95. The van der Waals surface area contributed by atoms with Gasteiger partial charge < -0.3 is 0 Å². The monoisotopic (exact) mass is 175 g/mol. The van der Waals surface area contributed by atoms with Crippen LogP contribution in [-0.2, 0) is 4.79 Å². The lowest BCUT2D eigenvalue weighted by molar-refractivity contribution is -0.553. The van der Waals surface area contributed by atoms with Gasteiger partial charge >= 0.3 is 0 Å². The average molecular weight is 175 g/mol. The molecule has 0 saturated carbocycles. The molecule has 1 heterocycles. The van der Waals surface area contributed by atoms with Crippen LogP contribution in [0.2, 0.25) is 0 Å². The lowest BCUT2D eigenvalue weighted by Gasteiger charge is -1.91. The van der Waals surface area contributed by atoms with E-state index in [4.69, 9.17) is 0 Å². The lowest BCUT2D eigenvalue weighted by Crippen LogP contribution is -2.25. The molecule has 1 aliphatic rings. The summed E-state index contributed by atoms with van der Waals surface area (Å²) in [4.78, 5) is 10.9. The normalized spacial score (nSPS) is 19.1. The van der Waals surface area contributed by atoms with E-state index < -0.39 is 0 Å². The molecule has 3 heteroatoms. The van der Waals surface area contributed by atoms with Gasteiger partial charge in [0.05, 0.1) is 6.42 Å². The second kappa shape index (κ2) is 3.39. The molecule has 0 spiro atoms. The molecule has 0 atom stereocenters. The van der Waals surface area contributed by atoms with E-state index >= 15 is 0 Å². The molecule has 0 aliphatic carbocycles. The van der Waals surface area contributed by atoms with Crippen LogP contribution in [0, 0.1) is 0 Å². The maximum absolute atomic E-state index is 10.9. The van der Waals surface area contributed by atoms with Gasteiger partial charge in [0.1, 0.15) is 0 Å². The van der Waals surface area contributed by atoms with Crippen LogP contribution in [0.1, 0.15) is 12.0 Å². The first-order chi connectivity index (χ1) is 6.34. The molecule has 1 aromatic rings. The van der Waals surface area contributed by atoms with Crippen molar-refractivity contribution in [2.75, 3.05) is 6.54 Å². The second-order valence-corrected chi connectivity index (χ2v) is 3.02. The molecule has 1 aromatic carbocycles. The largest absolute Gasteiger partial charge is 0.280 e. The third-order valence-corrected chi connectivity index (χ3v) is 1.95. The summed E-state index contributed by atoms with van der Waals surface area (Å²) < 4.78 is 1.82. The summed E-state index contributed by atoms with van der Waals surface area (Å²) in [6.07, 6.45) is 2.52. The number of amides is 1. The summed E-state index contributed by atoms with van der Waals surface area (Å²) in [5.74, 6) is 0.0900. The number of rotatable bonds is 1. The molecule has 0 aromatic heterocycles. The molecular formula is C10H11N2O+. The van der Waals surface area contributed by atoms with E-state index in [1.54, 1.807) is 0 Å². The maximum atomic E-state index is 10.9. The molecule has 66 valence electrons. The van der Waals surface area contributed by atoms with Crippen molar-refractivity contribution in [3.63, 3.8) is 0 Å². The zero-order valence-electron chi connectivity index (χ0n) is 7.23. The number of hydrogen-bond acceptors (Lipinski definition) is 1. The summed E-state index contributed by atoms with van der Waals surface area (Å²) in [6, 6.07) is 9.93. The Kier molecular flexibility index (Phi) is 2.08. The molecular weight excluding hydrogens is 164 g/mol. The first-order valence-electron chi connectivity index (χ1n) is 4.31. The van der Waals surface area contributed by atoms with Gasteiger partial charge in [-0.25, -0.2) is 0 Å². The minimum Gasteiger partial charge on any atom is -0.269 e. The molecule has 1 fully saturated rings. The Morgan fingerprint density at radius 3 is 2.69 bits per heavy atom. The minimum absolute atomic E-state index is 0.0900. The van der Waals surface area contributed by atoms with Crippen molar-refractivity contribution >= 4 is 12.1 Å². The smallest absolute Gasteiger partial charge is 0.269 e. The maximum Gasteiger partial charge on any atom is 0.280 e. The van der Waals surface area contributed by atoms with Crippen LogP contribution < -0.4 is 5.43 Å². The lowest BCUT2D eigenvalue weighted by atomic mass is 10.2. The Hall–Kier alpha value is -1.64. The van der Waals surface area contributed by atoms with Gasteiger partial charge in [-0.15, -0.1) is 10.1 Å². The molecule has 2 rings (SSSR count). The van der Waals surface area contributed by atoms with Gasteiger partial charge in [0.25, 0.3) is 5.91 Å². The van der Waals surface area contributed by atoms with E-state index in [1.807, 2.05) is 41.2 Å². The predicted octanol–water partition coefficient (Wildman–Crippen LogP) is 0.553. The number of hydrogen-bond donors (Lipinski definition) is 1. The predicted molar refractivity (Wildman–Crippen MR) is 49.5 cm³/mol. The molecule has 1 N–H and O–H groups in total. The van der Waals surface area contributed by atoms with Crippen LogP contribution in [0.5, 0.6) is 0 Å². The van der Waals surface area contributed by atoms with Crippen molar-refractivity contribution in [3.8, 4) is 0 Å². The van der Waals surface area contributed by atoms with Gasteiger partial charge in [-0.05, 0) is 12.1 Å². The van der Waals surface area contributed by atoms with Gasteiger partial charge in [-0.2, -0.15) is 0 Å². The van der Waals surface area contributed by atoms with Crippen LogP contribution in [0.25, 0.3) is 0 Å². The van der Waals surface area contributed by atoms with Crippen molar-refractivity contribution in [2.45, 2.75) is 6.42 Å². The quantitative estimate of drug-likeness (QED) is 0.621. The number of carbonyl (C=O) groups is 1. The number of hydrazone groups is 1. The van der Waals surface area contributed by atoms with Gasteiger partial charge in [-0.1, -0.05) is 18.2 Å². The second-order valence-electron chi connectivity index (χ2n) is 3.02. The van der Waals surface area contributed by atoms with E-state index in [9.17, 15) is 4.79 Å². The summed E-state index contributed by atoms with van der Waals surface area (Å²) in [5.41, 5.74) is 3.84. The Labute approximate surface area is 76.7 Å². The van der Waals surface area contributed by atoms with Crippen molar-refractivity contribution in [3.05, 3.63) is 35.9 Å². The SMILES string of the molecule is O=C1CC/[N+](=C\c2ccccc2)N1. The Balaban J connectivity index is 2.17. The van der Waals surface area contributed by atoms with Crippen molar-refractivity contribution in [2.24, 2.45) is 0 Å². The standard InChI is InChI=1S/C10H10N2O/c13-10-6-7-12(11-10)8-9-4-2-1-3-5-9/h1-5,8H,6-7H2/p+1/b12-8+. The van der Waals surface area contributed by atoms with Gasteiger partial charge in [0.15, 0.2) is 6.54 Å². The molecule has 3 nitrogen and oxygen atoms in total. The van der Waals surface area contributed by atoms with E-state index in [0.29, 0.717) is 6.42 Å². The van der Waals surface area contributed by atoms with E-state index in [2.05, 4.69) is 5.43 Å². The van der Waals surface area contributed by atoms with Crippen LogP contribution in [-0.4, -0.2) is 23.4 Å². The highest BCUT2D eigenvalue weighted by Gasteiger charge is 2.20. The topological polar surface area (TPSA) is 32.1 Å². The molecule has 1 amide bonds. The fraction of sp³-hybridized carbons (Fsp3) is 0.200. The average Bonchev–Trinajstić information content (AvgIpc) is 2.53. The van der Waals surface area contributed by atoms with Crippen LogP contribution in [0.15, 0.2) is 30.3 Å². The molecule has 0 radical (unpaired) electrons. The van der Waals surface area contributed by atoms with Gasteiger partial charge in [-0.3, -0.25) is 4.79 Å². The number of carbonyl (C=O) groups excluding carboxylic acids is 1. The number of nitrogens with zero attached hydrogens (tertiary/aromatic N) is 1. The summed E-state index contributed by atoms with van der Waals surface area (Å²) in [6.45, 7) is 0.758. The van der Waals surface area contributed by atoms with Crippen LogP contribution >= 0.6 is 0 Å². The zero-order chi connectivity index (χ0) is 9.10. The highest BCUT2D eigenvalue weighted by molar-refractivity contribution is 5.79. The highest BCUT2D eigenvalue weighted by atomic mass is 16.2. The Morgan fingerprint density at radius 1 is 1.31 bits per heavy atom. The molecule has 13 heavy (non-hydrogen) atoms. The van der Waals surface area contributed by atoms with Gasteiger partial charge in [0.2, 0.25) is 6.21 Å². The van der Waals surface area contributed by atoms with Crippen LogP contribution in [0.3, 0.4) is 0 Å². The summed E-state index contributed by atoms with van der Waals surface area (Å²) in [7, 11) is 0. The summed E-state index contributed by atoms with van der Waals surface area (Å²) in [5, 5.41) is 0. The Morgan fingerprint density at radius 2 is 2.08 bits per heavy atom. The number of nitrogens with one attached hydrogen (secondary N) is 1. The zero-order valence-corrected chi connectivity index (χ0v) is 7.23. The first-order valence-corrected chi connectivity index (χ1v) is 4.31.